The Hall–Kier alpha value is -3.46. The lowest BCUT2D eigenvalue weighted by Crippen LogP contribution is -2.50. The van der Waals surface area contributed by atoms with E-state index in [4.69, 9.17) is 0 Å². The Morgan fingerprint density at radius 1 is 1.15 bits per heavy atom. The second kappa shape index (κ2) is 11.0. The predicted octanol–water partition coefficient (Wildman–Crippen LogP) is 4.82. The van der Waals surface area contributed by atoms with Crippen LogP contribution in [-0.4, -0.2) is 87.2 Å². The molecule has 8 nitrogen and oxygen atoms in total. The van der Waals surface area contributed by atoms with Gasteiger partial charge in [-0.1, -0.05) is 0 Å². The topological polar surface area (TPSA) is 81.9 Å². The molecule has 0 radical (unpaired) electrons. The molecule has 2 aliphatic rings. The number of halogens is 1. The molecule has 0 bridgehead atoms. The lowest BCUT2D eigenvalue weighted by atomic mass is 9.89. The highest BCUT2D eigenvalue weighted by Gasteiger charge is 2.32. The molecule has 0 aliphatic carbocycles. The highest BCUT2D eigenvalue weighted by Crippen LogP contribution is 2.33. The summed E-state index contributed by atoms with van der Waals surface area (Å²) in [5, 5.41) is 10.3. The van der Waals surface area contributed by atoms with Gasteiger partial charge in [0.05, 0.1) is 23.0 Å². The molecular weight excluding hydrogens is 497 g/mol. The van der Waals surface area contributed by atoms with E-state index in [1.54, 1.807) is 18.0 Å². The number of rotatable bonds is 7. The van der Waals surface area contributed by atoms with Gasteiger partial charge in [-0.2, -0.15) is 0 Å². The number of aryl methyl sites for hydroxylation is 1. The molecule has 0 saturated carbocycles. The molecule has 0 unspecified atom stereocenters. The van der Waals surface area contributed by atoms with Crippen molar-refractivity contribution in [3.63, 3.8) is 0 Å². The number of piperidine rings is 1. The van der Waals surface area contributed by atoms with Gasteiger partial charge in [0, 0.05) is 63.6 Å². The zero-order chi connectivity index (χ0) is 27.8. The molecule has 4 heterocycles. The van der Waals surface area contributed by atoms with E-state index < -0.39 is 11.9 Å². The largest absolute Gasteiger partial charge is 0.465 e. The number of amides is 2. The summed E-state index contributed by atoms with van der Waals surface area (Å²) in [5.41, 5.74) is 4.20. The lowest BCUT2D eigenvalue weighted by molar-refractivity contribution is 0.0615. The molecule has 0 atom stereocenters. The van der Waals surface area contributed by atoms with Crippen LogP contribution >= 0.6 is 0 Å². The van der Waals surface area contributed by atoms with Gasteiger partial charge in [0.1, 0.15) is 5.82 Å². The Morgan fingerprint density at radius 2 is 1.87 bits per heavy atom. The van der Waals surface area contributed by atoms with Gasteiger partial charge in [0.15, 0.2) is 0 Å². The van der Waals surface area contributed by atoms with E-state index in [2.05, 4.69) is 23.0 Å². The van der Waals surface area contributed by atoms with Gasteiger partial charge in [-0.05, 0) is 81.2 Å². The minimum Gasteiger partial charge on any atom is -0.465 e. The maximum Gasteiger partial charge on any atom is 0.407 e. The third kappa shape index (κ3) is 5.50. The number of aromatic nitrogens is 2. The van der Waals surface area contributed by atoms with Gasteiger partial charge >= 0.3 is 6.09 Å². The Morgan fingerprint density at radius 3 is 2.54 bits per heavy atom. The van der Waals surface area contributed by atoms with Crippen LogP contribution in [0.3, 0.4) is 0 Å². The molecule has 9 heteroatoms. The SMILES string of the molecule is Cc1cncc2c1c(CC1CN(CC3CCN(C(=O)O)CC3)C1)cn2-c1ccc(F)cc1C(=O)N(C)C(C)C. The minimum absolute atomic E-state index is 0.0132. The van der Waals surface area contributed by atoms with E-state index in [1.165, 1.54) is 22.6 Å². The third-order valence-corrected chi connectivity index (χ3v) is 8.47. The fourth-order valence-electron chi connectivity index (χ4n) is 6.05. The van der Waals surface area contributed by atoms with Gasteiger partial charge in [-0.3, -0.25) is 9.78 Å². The minimum atomic E-state index is -0.814. The van der Waals surface area contributed by atoms with E-state index in [0.29, 0.717) is 36.2 Å². The first-order chi connectivity index (χ1) is 18.6. The van der Waals surface area contributed by atoms with Crippen LogP contribution in [0.2, 0.25) is 0 Å². The number of pyridine rings is 1. The van der Waals surface area contributed by atoms with Crippen LogP contribution in [0, 0.1) is 24.6 Å². The van der Waals surface area contributed by atoms with E-state index >= 15 is 0 Å². The van der Waals surface area contributed by atoms with Crippen LogP contribution < -0.4 is 0 Å². The van der Waals surface area contributed by atoms with Crippen LogP contribution in [0.5, 0.6) is 0 Å². The average Bonchev–Trinajstić information content (AvgIpc) is 3.26. The van der Waals surface area contributed by atoms with Gasteiger partial charge in [-0.25, -0.2) is 9.18 Å². The summed E-state index contributed by atoms with van der Waals surface area (Å²) in [6.07, 6.45) is 7.76. The van der Waals surface area contributed by atoms with Crippen molar-refractivity contribution in [2.75, 3.05) is 39.8 Å². The zero-order valence-electron chi connectivity index (χ0n) is 23.2. The van der Waals surface area contributed by atoms with Gasteiger partial charge in [-0.15, -0.1) is 0 Å². The number of hydrogen-bond acceptors (Lipinski definition) is 4. The average molecular weight is 536 g/mol. The molecule has 39 heavy (non-hydrogen) atoms. The van der Waals surface area contributed by atoms with Gasteiger partial charge < -0.3 is 24.4 Å². The fraction of sp³-hybridized carbons (Fsp3) is 0.500. The molecule has 2 amide bonds. The summed E-state index contributed by atoms with van der Waals surface area (Å²) in [4.78, 5) is 34.6. The molecular formula is C30H38FN5O3. The number of likely N-dealkylation sites (tertiary alicyclic amines) is 2. The zero-order valence-corrected chi connectivity index (χ0v) is 23.2. The third-order valence-electron chi connectivity index (χ3n) is 8.47. The molecule has 208 valence electrons. The summed E-state index contributed by atoms with van der Waals surface area (Å²) >= 11 is 0. The second-order valence-electron chi connectivity index (χ2n) is 11.5. The van der Waals surface area contributed by atoms with E-state index in [1.807, 2.05) is 30.8 Å². The van der Waals surface area contributed by atoms with Crippen molar-refractivity contribution in [2.45, 2.75) is 46.1 Å². The first-order valence-electron chi connectivity index (χ1n) is 13.8. The standard InChI is InChI=1S/C30H38FN5O3/c1-19(2)33(4)29(37)25-12-24(31)5-6-26(25)36-18-23(28-20(3)13-32-14-27(28)36)11-22-16-34(17-22)15-21-7-9-35(10-8-21)30(38)39/h5-6,12-14,18-19,21-22H,7-11,15-17H2,1-4H3,(H,38,39). The quantitative estimate of drug-likeness (QED) is 0.469. The van der Waals surface area contributed by atoms with Crippen LogP contribution in [0.25, 0.3) is 16.6 Å². The van der Waals surface area contributed by atoms with Crippen molar-refractivity contribution in [1.82, 2.24) is 24.3 Å². The molecule has 3 aromatic rings. The Labute approximate surface area is 229 Å². The molecule has 2 aromatic heterocycles. The number of nitrogens with zero attached hydrogens (tertiary/aromatic N) is 5. The Balaban J connectivity index is 1.35. The smallest absolute Gasteiger partial charge is 0.407 e. The molecule has 1 N–H and O–H groups in total. The molecule has 5 rings (SSSR count). The normalized spacial score (nSPS) is 17.1. The van der Waals surface area contributed by atoms with Gasteiger partial charge in [0.25, 0.3) is 5.91 Å². The molecule has 2 saturated heterocycles. The monoisotopic (exact) mass is 535 g/mol. The van der Waals surface area contributed by atoms with Crippen LogP contribution in [0.15, 0.2) is 36.8 Å². The summed E-state index contributed by atoms with van der Waals surface area (Å²) in [5.74, 6) is 0.424. The summed E-state index contributed by atoms with van der Waals surface area (Å²) in [6.45, 7) is 10.3. The maximum atomic E-state index is 14.3. The summed E-state index contributed by atoms with van der Waals surface area (Å²) in [7, 11) is 1.74. The van der Waals surface area contributed by atoms with Gasteiger partial charge in [0.2, 0.25) is 0 Å². The number of carboxylic acid groups (broad SMARTS) is 1. The van der Waals surface area contributed by atoms with Crippen LogP contribution in [0.4, 0.5) is 9.18 Å². The van der Waals surface area contributed by atoms with Crippen molar-refractivity contribution >= 4 is 22.9 Å². The molecule has 0 spiro atoms. The first-order valence-corrected chi connectivity index (χ1v) is 13.8. The van der Waals surface area contributed by atoms with Crippen LogP contribution in [-0.2, 0) is 6.42 Å². The summed E-state index contributed by atoms with van der Waals surface area (Å²) < 4.78 is 16.3. The Kier molecular flexibility index (Phi) is 7.62. The summed E-state index contributed by atoms with van der Waals surface area (Å²) in [6, 6.07) is 4.40. The predicted molar refractivity (Wildman–Crippen MR) is 149 cm³/mol. The van der Waals surface area contributed by atoms with E-state index in [-0.39, 0.29) is 11.9 Å². The highest BCUT2D eigenvalue weighted by molar-refractivity contribution is 5.99. The van der Waals surface area contributed by atoms with Crippen LogP contribution in [0.1, 0.15) is 48.2 Å². The molecule has 2 aliphatic heterocycles. The van der Waals surface area contributed by atoms with Crippen molar-refractivity contribution < 1.29 is 19.1 Å². The molecule has 1 aromatic carbocycles. The van der Waals surface area contributed by atoms with Crippen molar-refractivity contribution in [2.24, 2.45) is 11.8 Å². The lowest BCUT2D eigenvalue weighted by Gasteiger charge is -2.42. The van der Waals surface area contributed by atoms with Crippen molar-refractivity contribution in [3.8, 4) is 5.69 Å². The number of carbonyl (C=O) groups is 2. The van der Waals surface area contributed by atoms with Crippen molar-refractivity contribution in [1.29, 1.82) is 0 Å². The van der Waals surface area contributed by atoms with E-state index in [9.17, 15) is 19.1 Å². The number of carbonyl (C=O) groups excluding carboxylic acids is 1. The van der Waals surface area contributed by atoms with E-state index in [0.717, 1.165) is 55.4 Å². The second-order valence-corrected chi connectivity index (χ2v) is 11.5. The number of hydrogen-bond donors (Lipinski definition) is 1. The highest BCUT2D eigenvalue weighted by atomic mass is 19.1. The number of benzene rings is 1. The molecule has 2 fully saturated rings. The number of fused-ring (bicyclic) bond motifs is 1. The fourth-order valence-corrected chi connectivity index (χ4v) is 6.05. The van der Waals surface area contributed by atoms with Crippen molar-refractivity contribution in [3.05, 3.63) is 59.3 Å². The first kappa shape index (κ1) is 27.1. The maximum absolute atomic E-state index is 14.3. The Bertz CT molecular complexity index is 1370.